The van der Waals surface area contributed by atoms with Gasteiger partial charge >= 0.3 is 0 Å². The molecule has 1 unspecified atom stereocenters. The topological polar surface area (TPSA) is 9.86 Å². The van der Waals surface area contributed by atoms with Gasteiger partial charge in [-0.3, -0.25) is 0 Å². The molecule has 1 aliphatic rings. The minimum absolute atomic E-state index is 0.200. The molecule has 0 saturated heterocycles. The van der Waals surface area contributed by atoms with E-state index in [9.17, 15) is 0 Å². The molecule has 0 fully saturated rings. The van der Waals surface area contributed by atoms with Gasteiger partial charge in [0.1, 0.15) is 0 Å². The van der Waals surface area contributed by atoms with Crippen molar-refractivity contribution >= 4 is 43.6 Å². The molecule has 2 heterocycles. The lowest BCUT2D eigenvalue weighted by Crippen LogP contribution is -2.00. The van der Waals surface area contributed by atoms with Crippen molar-refractivity contribution < 1.29 is 0 Å². The Bertz CT molecular complexity index is 2640. The van der Waals surface area contributed by atoms with Crippen molar-refractivity contribution in [1.82, 2.24) is 9.13 Å². The lowest BCUT2D eigenvalue weighted by molar-refractivity contribution is 0.560. The molecular weight excluding hydrogens is 605 g/mol. The fraction of sp³-hybridized carbons (Fsp3) is 0.125. The number of nitrogens with zero attached hydrogens (tertiary/aromatic N) is 2. The minimum Gasteiger partial charge on any atom is -0.309 e. The van der Waals surface area contributed by atoms with Gasteiger partial charge in [-0.05, 0) is 100 Å². The van der Waals surface area contributed by atoms with E-state index in [1.807, 2.05) is 0 Å². The van der Waals surface area contributed by atoms with Crippen LogP contribution in [0.4, 0.5) is 0 Å². The molecule has 0 saturated carbocycles. The van der Waals surface area contributed by atoms with Gasteiger partial charge in [-0.2, -0.15) is 0 Å². The summed E-state index contributed by atoms with van der Waals surface area (Å²) in [4.78, 5) is 0. The van der Waals surface area contributed by atoms with E-state index in [0.29, 0.717) is 5.92 Å². The summed E-state index contributed by atoms with van der Waals surface area (Å²) >= 11 is 0. The fourth-order valence-electron chi connectivity index (χ4n) is 8.67. The SMILES string of the molecule is CCC(C)Cc1ccc(-n2c3ccc(C4c5ccccc5-c5ccccc54)cc3c3cc(-n4c5ccccc5c5ccccc54)ccc32)cc1. The fourth-order valence-corrected chi connectivity index (χ4v) is 8.67. The average molecular weight is 643 g/mol. The van der Waals surface area contributed by atoms with Crippen LogP contribution in [-0.4, -0.2) is 9.13 Å². The molecule has 0 N–H and O–H groups in total. The van der Waals surface area contributed by atoms with Crippen molar-refractivity contribution in [1.29, 1.82) is 0 Å². The van der Waals surface area contributed by atoms with Crippen LogP contribution in [0.25, 0.3) is 66.1 Å². The summed E-state index contributed by atoms with van der Waals surface area (Å²) < 4.78 is 4.90. The predicted molar refractivity (Wildman–Crippen MR) is 211 cm³/mol. The zero-order chi connectivity index (χ0) is 33.3. The number of hydrogen-bond acceptors (Lipinski definition) is 0. The molecule has 1 aliphatic carbocycles. The van der Waals surface area contributed by atoms with Crippen LogP contribution in [0.3, 0.4) is 0 Å². The van der Waals surface area contributed by atoms with Gasteiger partial charge in [-0.15, -0.1) is 0 Å². The van der Waals surface area contributed by atoms with Gasteiger partial charge in [0, 0.05) is 38.8 Å². The highest BCUT2D eigenvalue weighted by Crippen LogP contribution is 2.49. The molecule has 2 nitrogen and oxygen atoms in total. The maximum absolute atomic E-state index is 2.48. The van der Waals surface area contributed by atoms with E-state index in [-0.39, 0.29) is 5.92 Å². The molecule has 50 heavy (non-hydrogen) atoms. The Morgan fingerprint density at radius 2 is 0.980 bits per heavy atom. The van der Waals surface area contributed by atoms with Crippen LogP contribution in [0.1, 0.15) is 48.4 Å². The Labute approximate surface area is 292 Å². The van der Waals surface area contributed by atoms with Crippen molar-refractivity contribution in [3.05, 3.63) is 180 Å². The molecule has 7 aromatic carbocycles. The smallest absolute Gasteiger partial charge is 0.0542 e. The lowest BCUT2D eigenvalue weighted by Gasteiger charge is -2.15. The van der Waals surface area contributed by atoms with Crippen LogP contribution in [0.15, 0.2) is 158 Å². The second-order valence-electron chi connectivity index (χ2n) is 14.2. The van der Waals surface area contributed by atoms with Crippen LogP contribution < -0.4 is 0 Å². The minimum atomic E-state index is 0.200. The van der Waals surface area contributed by atoms with Crippen molar-refractivity contribution in [3.8, 4) is 22.5 Å². The summed E-state index contributed by atoms with van der Waals surface area (Å²) in [5.41, 5.74) is 15.5. The van der Waals surface area contributed by atoms with Gasteiger partial charge in [-0.1, -0.05) is 123 Å². The van der Waals surface area contributed by atoms with Gasteiger partial charge in [0.2, 0.25) is 0 Å². The lowest BCUT2D eigenvalue weighted by atomic mass is 9.88. The maximum atomic E-state index is 2.48. The molecule has 1 atom stereocenters. The normalized spacial score (nSPS) is 13.4. The highest BCUT2D eigenvalue weighted by molar-refractivity contribution is 6.12. The quantitative estimate of drug-likeness (QED) is 0.171. The summed E-state index contributed by atoms with van der Waals surface area (Å²) in [7, 11) is 0. The zero-order valence-corrected chi connectivity index (χ0v) is 28.5. The van der Waals surface area contributed by atoms with E-state index >= 15 is 0 Å². The Balaban J connectivity index is 1.22. The van der Waals surface area contributed by atoms with Crippen LogP contribution >= 0.6 is 0 Å². The maximum Gasteiger partial charge on any atom is 0.0542 e. The molecule has 240 valence electrons. The van der Waals surface area contributed by atoms with Gasteiger partial charge in [0.05, 0.1) is 22.1 Å². The van der Waals surface area contributed by atoms with Gasteiger partial charge < -0.3 is 9.13 Å². The predicted octanol–water partition coefficient (Wildman–Crippen LogP) is 12.6. The van der Waals surface area contributed by atoms with Gasteiger partial charge in [-0.25, -0.2) is 0 Å². The third-order valence-corrected chi connectivity index (χ3v) is 11.3. The van der Waals surface area contributed by atoms with Crippen molar-refractivity contribution in [3.63, 3.8) is 0 Å². The number of hydrogen-bond donors (Lipinski definition) is 0. The first-order chi connectivity index (χ1) is 24.7. The number of rotatable bonds is 6. The van der Waals surface area contributed by atoms with Crippen molar-refractivity contribution in [2.45, 2.75) is 32.6 Å². The van der Waals surface area contributed by atoms with Gasteiger partial charge in [0.15, 0.2) is 0 Å². The third kappa shape index (κ3) is 4.34. The van der Waals surface area contributed by atoms with E-state index in [4.69, 9.17) is 0 Å². The van der Waals surface area contributed by atoms with Gasteiger partial charge in [0.25, 0.3) is 0 Å². The summed E-state index contributed by atoms with van der Waals surface area (Å²) in [6, 6.07) is 59.0. The third-order valence-electron chi connectivity index (χ3n) is 11.3. The largest absolute Gasteiger partial charge is 0.309 e. The number of benzene rings is 7. The standard InChI is InChI=1S/C48H38N2/c1-3-31(2)28-32-20-23-34(24-21-32)49-46-26-22-33(48-40-16-6-4-12-36(40)37-13-5-7-17-41(37)48)29-42(46)43-30-35(25-27-47(43)49)50-44-18-10-8-14-38(44)39-15-9-11-19-45(39)50/h4-27,29-31,48H,3,28H2,1-2H3. The Morgan fingerprint density at radius 3 is 1.62 bits per heavy atom. The molecule has 9 aromatic rings. The van der Waals surface area contributed by atoms with Crippen LogP contribution in [0.2, 0.25) is 0 Å². The summed E-state index contributed by atoms with van der Waals surface area (Å²) in [6.45, 7) is 4.62. The first-order valence-electron chi connectivity index (χ1n) is 18.0. The molecular formula is C48H38N2. The number of fused-ring (bicyclic) bond motifs is 9. The van der Waals surface area contributed by atoms with Crippen molar-refractivity contribution in [2.24, 2.45) is 5.92 Å². The number of aromatic nitrogens is 2. The van der Waals surface area contributed by atoms with E-state index in [1.54, 1.807) is 0 Å². The van der Waals surface area contributed by atoms with Crippen LogP contribution in [-0.2, 0) is 6.42 Å². The Hall–Kier alpha value is -5.86. The highest BCUT2D eigenvalue weighted by Gasteiger charge is 2.30. The molecule has 2 aromatic heterocycles. The van der Waals surface area contributed by atoms with E-state index in [2.05, 4.69) is 181 Å². The molecule has 0 aliphatic heterocycles. The summed E-state index contributed by atoms with van der Waals surface area (Å²) in [6.07, 6.45) is 2.31. The zero-order valence-electron chi connectivity index (χ0n) is 28.5. The molecule has 0 bridgehead atoms. The summed E-state index contributed by atoms with van der Waals surface area (Å²) in [5, 5.41) is 5.11. The molecule has 10 rings (SSSR count). The highest BCUT2D eigenvalue weighted by atomic mass is 15.0. The molecule has 2 heteroatoms. The Morgan fingerprint density at radius 1 is 0.480 bits per heavy atom. The summed E-state index contributed by atoms with van der Waals surface area (Å²) in [5.74, 6) is 0.878. The van der Waals surface area contributed by atoms with Crippen LogP contribution in [0.5, 0.6) is 0 Å². The number of para-hydroxylation sites is 2. The molecule has 0 amide bonds. The first kappa shape index (κ1) is 29.1. The second-order valence-corrected chi connectivity index (χ2v) is 14.2. The van der Waals surface area contributed by atoms with Crippen LogP contribution in [0, 0.1) is 5.92 Å². The molecule has 0 spiro atoms. The first-order valence-corrected chi connectivity index (χ1v) is 18.0. The average Bonchev–Trinajstić information content (AvgIpc) is 3.80. The van der Waals surface area contributed by atoms with E-state index in [0.717, 1.165) is 6.42 Å². The molecule has 0 radical (unpaired) electrons. The van der Waals surface area contributed by atoms with E-state index in [1.165, 1.54) is 94.8 Å². The monoisotopic (exact) mass is 642 g/mol. The second kappa shape index (κ2) is 11.4. The Kier molecular flexibility index (Phi) is 6.61. The van der Waals surface area contributed by atoms with Crippen molar-refractivity contribution in [2.75, 3.05) is 0 Å². The van der Waals surface area contributed by atoms with E-state index < -0.39 is 0 Å².